The summed E-state index contributed by atoms with van der Waals surface area (Å²) < 4.78 is 0. The maximum atomic E-state index is 8.55. The summed E-state index contributed by atoms with van der Waals surface area (Å²) in [6, 6.07) is 0. The first-order valence-corrected chi connectivity index (χ1v) is 8.67. The Morgan fingerprint density at radius 2 is 1.90 bits per heavy atom. The molecule has 0 aliphatic rings. The number of nitrogens with one attached hydrogen (secondary N) is 1. The third kappa shape index (κ3) is 16.8. The van der Waals surface area contributed by atoms with Gasteiger partial charge in [-0.05, 0) is 7.05 Å². The van der Waals surface area contributed by atoms with Crippen LogP contribution in [-0.4, -0.2) is 36.5 Å². The van der Waals surface area contributed by atoms with Crippen molar-refractivity contribution in [3.8, 4) is 0 Å². The van der Waals surface area contributed by atoms with Gasteiger partial charge >= 0.3 is 0 Å². The number of hydrogen-bond acceptors (Lipinski definition) is 3. The summed E-state index contributed by atoms with van der Waals surface area (Å²) >= 11 is 4.24. The summed E-state index contributed by atoms with van der Waals surface area (Å²) in [7, 11) is 1.72. The van der Waals surface area contributed by atoms with Crippen LogP contribution in [0.3, 0.4) is 0 Å². The SMILES string of the molecule is CNCC(O)CO.II.[Y]. The van der Waals surface area contributed by atoms with Gasteiger partial charge in [-0.25, -0.2) is 0 Å². The molecule has 3 N–H and O–H groups in total. The van der Waals surface area contributed by atoms with Crippen molar-refractivity contribution in [2.24, 2.45) is 0 Å². The van der Waals surface area contributed by atoms with Crippen LogP contribution in [0.2, 0.25) is 0 Å². The molecule has 0 saturated heterocycles. The molecule has 0 aliphatic heterocycles. The molecule has 0 saturated carbocycles. The van der Waals surface area contributed by atoms with Crippen molar-refractivity contribution in [2.45, 2.75) is 6.10 Å². The topological polar surface area (TPSA) is 52.5 Å². The van der Waals surface area contributed by atoms with Crippen LogP contribution in [0, 0.1) is 0 Å². The molecule has 61 valence electrons. The van der Waals surface area contributed by atoms with Crippen LogP contribution in [0.15, 0.2) is 0 Å². The second-order valence-corrected chi connectivity index (χ2v) is 1.39. The number of aliphatic hydroxyl groups excluding tert-OH is 2. The minimum absolute atomic E-state index is 0. The van der Waals surface area contributed by atoms with Gasteiger partial charge in [-0.1, -0.05) is 0 Å². The zero-order valence-corrected chi connectivity index (χ0v) is 12.9. The summed E-state index contributed by atoms with van der Waals surface area (Å²) in [5.74, 6) is 0. The molecule has 1 radical (unpaired) electrons. The number of hydrogen-bond donors (Lipinski definition) is 3. The van der Waals surface area contributed by atoms with E-state index in [1.165, 1.54) is 0 Å². The summed E-state index contributed by atoms with van der Waals surface area (Å²) in [4.78, 5) is 0. The summed E-state index contributed by atoms with van der Waals surface area (Å²) in [6.07, 6.45) is -0.606. The van der Waals surface area contributed by atoms with Gasteiger partial charge in [-0.15, -0.1) is 0 Å². The molecule has 0 spiro atoms. The van der Waals surface area contributed by atoms with Crippen LogP contribution < -0.4 is 5.32 Å². The van der Waals surface area contributed by atoms with E-state index in [4.69, 9.17) is 10.2 Å². The average Bonchev–Trinajstić information content (AvgIpc) is 1.93. The van der Waals surface area contributed by atoms with Crippen LogP contribution in [0.4, 0.5) is 0 Å². The summed E-state index contributed by atoms with van der Waals surface area (Å²) in [5.41, 5.74) is 0. The summed E-state index contributed by atoms with van der Waals surface area (Å²) in [5, 5.41) is 19.4. The molecule has 0 bridgehead atoms. The van der Waals surface area contributed by atoms with E-state index in [0.29, 0.717) is 6.54 Å². The Morgan fingerprint density at radius 1 is 1.50 bits per heavy atom. The van der Waals surface area contributed by atoms with Gasteiger partial charge in [0.1, 0.15) is 0 Å². The van der Waals surface area contributed by atoms with Crippen LogP contribution in [-0.2, 0) is 32.7 Å². The van der Waals surface area contributed by atoms with E-state index in [9.17, 15) is 0 Å². The molecule has 0 rings (SSSR count). The van der Waals surface area contributed by atoms with Gasteiger partial charge in [0, 0.05) is 76.5 Å². The van der Waals surface area contributed by atoms with Gasteiger partial charge in [0.15, 0.2) is 0 Å². The molecule has 0 aromatic heterocycles. The second kappa shape index (κ2) is 17.5. The smallest absolute Gasteiger partial charge is 0.0894 e. The van der Waals surface area contributed by atoms with E-state index in [1.54, 1.807) is 7.05 Å². The minimum atomic E-state index is -0.606. The molecule has 0 fully saturated rings. The number of rotatable bonds is 3. The Labute approximate surface area is 110 Å². The van der Waals surface area contributed by atoms with Gasteiger partial charge < -0.3 is 15.5 Å². The zero-order valence-electron chi connectivity index (χ0n) is 5.72. The van der Waals surface area contributed by atoms with Gasteiger partial charge in [-0.3, -0.25) is 0 Å². The number of likely N-dealkylation sites (N-methyl/N-ethyl adjacent to an activating group) is 1. The van der Waals surface area contributed by atoms with Crippen molar-refractivity contribution < 1.29 is 42.9 Å². The largest absolute Gasteiger partial charge is 0.394 e. The third-order valence-electron chi connectivity index (χ3n) is 0.650. The average molecular weight is 448 g/mol. The Morgan fingerprint density at radius 3 is 2.00 bits per heavy atom. The quantitative estimate of drug-likeness (QED) is 0.547. The fraction of sp³-hybridized carbons (Fsp3) is 1.00. The Kier molecular flexibility index (Phi) is 32.0. The molecule has 0 heterocycles. The molecular weight excluding hydrogens is 437 g/mol. The van der Waals surface area contributed by atoms with E-state index in [2.05, 4.69) is 42.5 Å². The zero-order chi connectivity index (χ0) is 7.70. The fourth-order valence-electron chi connectivity index (χ4n) is 0.300. The van der Waals surface area contributed by atoms with Crippen molar-refractivity contribution in [2.75, 3.05) is 20.2 Å². The standard InChI is InChI=1S/C4H11NO2.I2.Y/c1-5-2-4(7)3-6;1-2;/h4-7H,2-3H2,1H3;;. The van der Waals surface area contributed by atoms with Crippen LogP contribution in [0.5, 0.6) is 0 Å². The Bertz CT molecular complexity index is 52.2. The minimum Gasteiger partial charge on any atom is -0.394 e. The summed E-state index contributed by atoms with van der Waals surface area (Å²) in [6.45, 7) is 0.289. The maximum absolute atomic E-state index is 8.55. The van der Waals surface area contributed by atoms with Crippen molar-refractivity contribution in [3.05, 3.63) is 0 Å². The third-order valence-corrected chi connectivity index (χ3v) is 0.650. The van der Waals surface area contributed by atoms with Gasteiger partial charge in [0.05, 0.1) is 12.7 Å². The molecule has 3 nitrogen and oxygen atoms in total. The van der Waals surface area contributed by atoms with Crippen molar-refractivity contribution in [1.82, 2.24) is 5.32 Å². The molecule has 10 heavy (non-hydrogen) atoms. The number of aliphatic hydroxyl groups is 2. The van der Waals surface area contributed by atoms with Crippen molar-refractivity contribution >= 4 is 37.2 Å². The molecule has 0 amide bonds. The first kappa shape index (κ1) is 18.3. The normalized spacial score (nSPS) is 10.5. The molecule has 0 aromatic carbocycles. The van der Waals surface area contributed by atoms with Crippen molar-refractivity contribution in [3.63, 3.8) is 0 Å². The molecular formula is C4H11I2NO2Y. The predicted molar refractivity (Wildman–Crippen MR) is 55.1 cm³/mol. The van der Waals surface area contributed by atoms with Gasteiger partial charge in [0.25, 0.3) is 0 Å². The molecule has 6 heteroatoms. The van der Waals surface area contributed by atoms with E-state index < -0.39 is 6.10 Å². The molecule has 0 aliphatic carbocycles. The molecule has 0 aromatic rings. The van der Waals surface area contributed by atoms with Crippen LogP contribution in [0.1, 0.15) is 0 Å². The van der Waals surface area contributed by atoms with Crippen LogP contribution in [0.25, 0.3) is 0 Å². The van der Waals surface area contributed by atoms with E-state index >= 15 is 0 Å². The first-order chi connectivity index (χ1) is 4.31. The van der Waals surface area contributed by atoms with Gasteiger partial charge in [0.2, 0.25) is 0 Å². The van der Waals surface area contributed by atoms with Crippen molar-refractivity contribution in [1.29, 1.82) is 0 Å². The van der Waals surface area contributed by atoms with E-state index in [0.717, 1.165) is 0 Å². The molecule has 1 atom stereocenters. The Hall–Kier alpha value is 2.44. The molecule has 1 unspecified atom stereocenters. The maximum Gasteiger partial charge on any atom is 0.0894 e. The fourth-order valence-corrected chi connectivity index (χ4v) is 0.300. The monoisotopic (exact) mass is 448 g/mol. The van der Waals surface area contributed by atoms with E-state index in [1.807, 2.05) is 0 Å². The first-order valence-electron chi connectivity index (χ1n) is 2.39. The Balaban J connectivity index is -0.000000149. The van der Waals surface area contributed by atoms with E-state index in [-0.39, 0.29) is 39.3 Å². The predicted octanol–water partition coefficient (Wildman–Crippen LogP) is 0.328. The van der Waals surface area contributed by atoms with Gasteiger partial charge in [-0.2, -0.15) is 0 Å². The second-order valence-electron chi connectivity index (χ2n) is 1.39. The number of halogens is 2. The van der Waals surface area contributed by atoms with Crippen LogP contribution >= 0.6 is 37.2 Å².